The standard InChI is InChI=1S/C30H50N6O4/c1-2-40-29(38)34-28(35-17-19-39-20-18-35)33-26(21-24-9-5-3-6-10-24)27(37)36(22-25-11-7-4-8-12-25)30(23-31)13-15-32-16-14-30/h24-26,32H,2-22H2,1H3,(H,33,34,38). The van der Waals surface area contributed by atoms with Crippen molar-refractivity contribution >= 4 is 18.0 Å². The van der Waals surface area contributed by atoms with E-state index in [2.05, 4.69) is 16.7 Å². The highest BCUT2D eigenvalue weighted by atomic mass is 16.5. The number of rotatable bonds is 8. The second-order valence-electron chi connectivity index (χ2n) is 12.0. The van der Waals surface area contributed by atoms with E-state index in [1.807, 2.05) is 9.80 Å². The molecule has 2 N–H and O–H groups in total. The van der Waals surface area contributed by atoms with Crippen molar-refractivity contribution < 1.29 is 19.1 Å². The molecule has 10 heteroatoms. The van der Waals surface area contributed by atoms with E-state index in [9.17, 15) is 14.9 Å². The molecule has 4 fully saturated rings. The number of nitrogens with zero attached hydrogens (tertiary/aromatic N) is 4. The molecule has 2 saturated heterocycles. The molecule has 4 rings (SSSR count). The van der Waals surface area contributed by atoms with Gasteiger partial charge in [0.15, 0.2) is 0 Å². The molecule has 2 amide bonds. The Morgan fingerprint density at radius 2 is 1.70 bits per heavy atom. The molecular weight excluding hydrogens is 508 g/mol. The molecule has 2 aliphatic heterocycles. The minimum Gasteiger partial charge on any atom is -0.450 e. The minimum absolute atomic E-state index is 0.0592. The van der Waals surface area contributed by atoms with Crippen LogP contribution >= 0.6 is 0 Å². The fourth-order valence-electron chi connectivity index (χ4n) is 6.89. The maximum Gasteiger partial charge on any atom is 0.413 e. The number of hydrogen-bond donors (Lipinski definition) is 2. The van der Waals surface area contributed by atoms with Crippen LogP contribution < -0.4 is 10.6 Å². The minimum atomic E-state index is -0.826. The van der Waals surface area contributed by atoms with Crippen molar-refractivity contribution in [3.63, 3.8) is 0 Å². The van der Waals surface area contributed by atoms with Gasteiger partial charge in [0.1, 0.15) is 11.6 Å². The molecule has 1 unspecified atom stereocenters. The molecule has 2 heterocycles. The van der Waals surface area contributed by atoms with Crippen molar-refractivity contribution in [2.75, 3.05) is 52.5 Å². The summed E-state index contributed by atoms with van der Waals surface area (Å²) in [5, 5.41) is 16.8. The van der Waals surface area contributed by atoms with Crippen molar-refractivity contribution in [2.24, 2.45) is 16.8 Å². The van der Waals surface area contributed by atoms with Gasteiger partial charge in [-0.15, -0.1) is 0 Å². The molecule has 0 bridgehead atoms. The number of carbonyl (C=O) groups excluding carboxylic acids is 2. The number of hydrogen-bond acceptors (Lipinski definition) is 7. The topological polar surface area (TPSA) is 119 Å². The molecule has 0 aromatic rings. The summed E-state index contributed by atoms with van der Waals surface area (Å²) in [6.07, 6.45) is 12.9. The Labute approximate surface area is 240 Å². The average molecular weight is 559 g/mol. The van der Waals surface area contributed by atoms with Crippen LogP contribution in [0.5, 0.6) is 0 Å². The van der Waals surface area contributed by atoms with E-state index in [1.165, 1.54) is 38.5 Å². The lowest BCUT2D eigenvalue weighted by Gasteiger charge is -2.45. The lowest BCUT2D eigenvalue weighted by atomic mass is 9.82. The molecule has 4 aliphatic rings. The fourth-order valence-corrected chi connectivity index (χ4v) is 6.89. The predicted octanol–water partition coefficient (Wildman–Crippen LogP) is 3.81. The molecule has 224 valence electrons. The zero-order valence-electron chi connectivity index (χ0n) is 24.5. The molecule has 2 saturated carbocycles. The van der Waals surface area contributed by atoms with E-state index in [4.69, 9.17) is 14.5 Å². The molecular formula is C30H50N6O4. The third-order valence-electron chi connectivity index (χ3n) is 9.23. The van der Waals surface area contributed by atoms with Crippen LogP contribution in [-0.4, -0.2) is 91.9 Å². The van der Waals surface area contributed by atoms with E-state index in [0.29, 0.717) is 69.9 Å². The van der Waals surface area contributed by atoms with Crippen LogP contribution in [0.4, 0.5) is 4.79 Å². The van der Waals surface area contributed by atoms with E-state index >= 15 is 0 Å². The van der Waals surface area contributed by atoms with E-state index in [0.717, 1.165) is 38.8 Å². The van der Waals surface area contributed by atoms with Gasteiger partial charge in [-0.2, -0.15) is 5.26 Å². The van der Waals surface area contributed by atoms with Crippen molar-refractivity contribution in [1.29, 1.82) is 5.26 Å². The SMILES string of the molecule is CCOC(=O)NC(=NC(CC1CCCCC1)C(=O)N(CC1CCCCC1)C1(C#N)CCNCC1)N1CCOCC1. The molecule has 0 radical (unpaired) electrons. The van der Waals surface area contributed by atoms with Crippen molar-refractivity contribution in [3.05, 3.63) is 0 Å². The van der Waals surface area contributed by atoms with Crippen molar-refractivity contribution in [2.45, 2.75) is 102 Å². The summed E-state index contributed by atoms with van der Waals surface area (Å²) < 4.78 is 10.7. The maximum absolute atomic E-state index is 14.7. The second-order valence-corrected chi connectivity index (χ2v) is 12.0. The Bertz CT molecular complexity index is 881. The molecule has 1 atom stereocenters. The Hall–Kier alpha value is -2.38. The van der Waals surface area contributed by atoms with Gasteiger partial charge in [0.05, 0.1) is 25.9 Å². The van der Waals surface area contributed by atoms with Crippen LogP contribution in [0.3, 0.4) is 0 Å². The van der Waals surface area contributed by atoms with E-state index in [-0.39, 0.29) is 12.5 Å². The smallest absolute Gasteiger partial charge is 0.413 e. The lowest BCUT2D eigenvalue weighted by Crippen LogP contribution is -2.60. The highest BCUT2D eigenvalue weighted by molar-refractivity contribution is 5.96. The quantitative estimate of drug-likeness (QED) is 0.343. The summed E-state index contributed by atoms with van der Waals surface area (Å²) in [5.74, 6) is 1.14. The second kappa shape index (κ2) is 15.6. The summed E-state index contributed by atoms with van der Waals surface area (Å²) in [7, 11) is 0. The maximum atomic E-state index is 14.7. The summed E-state index contributed by atoms with van der Waals surface area (Å²) in [6.45, 7) is 6.30. The summed E-state index contributed by atoms with van der Waals surface area (Å²) in [5.41, 5.74) is -0.826. The third-order valence-corrected chi connectivity index (χ3v) is 9.23. The highest BCUT2D eigenvalue weighted by Gasteiger charge is 2.44. The van der Waals surface area contributed by atoms with Gasteiger partial charge < -0.3 is 24.6 Å². The Kier molecular flexibility index (Phi) is 11.9. The molecule has 0 aromatic heterocycles. The number of aliphatic imine (C=N–C) groups is 1. The summed E-state index contributed by atoms with van der Waals surface area (Å²) in [6, 6.07) is 1.95. The summed E-state index contributed by atoms with van der Waals surface area (Å²) in [4.78, 5) is 36.3. The lowest BCUT2D eigenvalue weighted by molar-refractivity contribution is -0.139. The number of carbonyl (C=O) groups is 2. The van der Waals surface area contributed by atoms with Crippen LogP contribution in [0.15, 0.2) is 4.99 Å². The van der Waals surface area contributed by atoms with Gasteiger partial charge in [-0.1, -0.05) is 51.4 Å². The van der Waals surface area contributed by atoms with Crippen LogP contribution in [0.25, 0.3) is 0 Å². The zero-order valence-corrected chi connectivity index (χ0v) is 24.5. The first kappa shape index (κ1) is 30.6. The summed E-state index contributed by atoms with van der Waals surface area (Å²) >= 11 is 0. The first-order valence-corrected chi connectivity index (χ1v) is 15.8. The number of nitrogens with one attached hydrogen (secondary N) is 2. The Morgan fingerprint density at radius 3 is 2.30 bits per heavy atom. The fraction of sp³-hybridized carbons (Fsp3) is 0.867. The third kappa shape index (κ3) is 8.32. The van der Waals surface area contributed by atoms with Crippen LogP contribution in [0, 0.1) is 23.2 Å². The normalized spacial score (nSPS) is 23.6. The molecule has 0 spiro atoms. The highest BCUT2D eigenvalue weighted by Crippen LogP contribution is 2.34. The van der Waals surface area contributed by atoms with Gasteiger partial charge in [0, 0.05) is 19.6 Å². The molecule has 0 aromatic carbocycles. The number of morpholine rings is 1. The average Bonchev–Trinajstić information content (AvgIpc) is 3.00. The first-order chi connectivity index (χ1) is 19.5. The Morgan fingerprint density at radius 1 is 1.07 bits per heavy atom. The number of nitriles is 1. The van der Waals surface area contributed by atoms with Gasteiger partial charge in [0.25, 0.3) is 0 Å². The van der Waals surface area contributed by atoms with E-state index < -0.39 is 17.7 Å². The van der Waals surface area contributed by atoms with Gasteiger partial charge >= 0.3 is 6.09 Å². The van der Waals surface area contributed by atoms with E-state index in [1.54, 1.807) is 6.92 Å². The monoisotopic (exact) mass is 558 g/mol. The van der Waals surface area contributed by atoms with Crippen LogP contribution in [-0.2, 0) is 14.3 Å². The Balaban J connectivity index is 1.68. The van der Waals surface area contributed by atoms with Crippen molar-refractivity contribution in [3.8, 4) is 6.07 Å². The van der Waals surface area contributed by atoms with Gasteiger partial charge in [-0.05, 0) is 64.0 Å². The van der Waals surface area contributed by atoms with Crippen LogP contribution in [0.1, 0.15) is 90.4 Å². The number of guanidine groups is 1. The predicted molar refractivity (Wildman–Crippen MR) is 154 cm³/mol. The molecule has 40 heavy (non-hydrogen) atoms. The molecule has 10 nitrogen and oxygen atoms in total. The van der Waals surface area contributed by atoms with Gasteiger partial charge in [-0.25, -0.2) is 9.79 Å². The van der Waals surface area contributed by atoms with Gasteiger partial charge in [0.2, 0.25) is 11.9 Å². The number of piperidine rings is 1. The van der Waals surface area contributed by atoms with Crippen LogP contribution in [0.2, 0.25) is 0 Å². The number of alkyl carbamates (subject to hydrolysis) is 1. The zero-order chi connectivity index (χ0) is 28.2. The number of ether oxygens (including phenoxy) is 2. The largest absolute Gasteiger partial charge is 0.450 e. The first-order valence-electron chi connectivity index (χ1n) is 15.8. The molecule has 2 aliphatic carbocycles. The number of amides is 2. The van der Waals surface area contributed by atoms with Crippen molar-refractivity contribution in [1.82, 2.24) is 20.4 Å². The van der Waals surface area contributed by atoms with Gasteiger partial charge in [-0.3, -0.25) is 10.1 Å².